The van der Waals surface area contributed by atoms with Crippen LogP contribution in [0.25, 0.3) is 0 Å². The van der Waals surface area contributed by atoms with Gasteiger partial charge >= 0.3 is 17.9 Å². The Labute approximate surface area is 510 Å². The fraction of sp³-hybridized carbons (Fsp3) is 0.803. The van der Waals surface area contributed by atoms with E-state index in [-0.39, 0.29) is 31.1 Å². The Morgan fingerprint density at radius 1 is 0.256 bits per heavy atom. The molecule has 0 aliphatic heterocycles. The Hall–Kier alpha value is -3.15. The van der Waals surface area contributed by atoms with Crippen molar-refractivity contribution in [2.45, 2.75) is 380 Å². The molecule has 82 heavy (non-hydrogen) atoms. The van der Waals surface area contributed by atoms with Crippen molar-refractivity contribution in [1.29, 1.82) is 0 Å². The molecule has 0 aromatic rings. The molecule has 0 amide bonds. The lowest BCUT2D eigenvalue weighted by molar-refractivity contribution is -0.167. The van der Waals surface area contributed by atoms with Gasteiger partial charge in [0.05, 0.1) is 0 Å². The number of carbonyl (C=O) groups is 3. The van der Waals surface area contributed by atoms with Crippen LogP contribution in [0.3, 0.4) is 0 Å². The van der Waals surface area contributed by atoms with Crippen molar-refractivity contribution in [2.75, 3.05) is 13.2 Å². The highest BCUT2D eigenvalue weighted by Crippen LogP contribution is 2.18. The van der Waals surface area contributed by atoms with E-state index < -0.39 is 6.10 Å². The standard InChI is InChI=1S/C76H136O6/c1-4-7-10-13-16-19-22-25-27-29-31-33-34-35-36-37-38-39-40-41-42-43-45-46-48-51-54-57-60-63-66-69-75(78)81-72-73(71-80-74(77)68-65-62-59-56-53-50-24-21-18-15-12-9-6-3)82-76(79)70-67-64-61-58-55-52-49-47-44-32-30-28-26-23-20-17-14-11-8-5-2/h7,10,16,19,25,27,31,33,35-36,38-39,73H,4-6,8-9,11-15,17-18,20-24,26,28-30,32,34,37,40-72H2,1-3H3/b10-7-,19-16-,27-25-,33-31-,36-35-,39-38-. The van der Waals surface area contributed by atoms with Crippen molar-refractivity contribution >= 4 is 17.9 Å². The molecular weight excluding hydrogens is 1010 g/mol. The van der Waals surface area contributed by atoms with Crippen LogP contribution in [0.2, 0.25) is 0 Å². The fourth-order valence-corrected chi connectivity index (χ4v) is 10.6. The van der Waals surface area contributed by atoms with Crippen molar-refractivity contribution in [3.05, 3.63) is 72.9 Å². The summed E-state index contributed by atoms with van der Waals surface area (Å²) in [5, 5.41) is 0. The Morgan fingerprint density at radius 2 is 0.476 bits per heavy atom. The van der Waals surface area contributed by atoms with Crippen LogP contribution in [-0.4, -0.2) is 37.2 Å². The summed E-state index contributed by atoms with van der Waals surface area (Å²) in [4.78, 5) is 38.4. The van der Waals surface area contributed by atoms with Gasteiger partial charge < -0.3 is 14.2 Å². The summed E-state index contributed by atoms with van der Waals surface area (Å²) >= 11 is 0. The number of hydrogen-bond acceptors (Lipinski definition) is 6. The minimum atomic E-state index is -0.773. The minimum Gasteiger partial charge on any atom is -0.462 e. The van der Waals surface area contributed by atoms with Gasteiger partial charge in [0.25, 0.3) is 0 Å². The van der Waals surface area contributed by atoms with Gasteiger partial charge in [-0.25, -0.2) is 0 Å². The maximum atomic E-state index is 13.0. The molecule has 1 atom stereocenters. The van der Waals surface area contributed by atoms with Crippen molar-refractivity contribution < 1.29 is 28.6 Å². The molecule has 0 fully saturated rings. The van der Waals surface area contributed by atoms with E-state index in [2.05, 4.69) is 93.7 Å². The average molecular weight is 1150 g/mol. The van der Waals surface area contributed by atoms with Crippen LogP contribution in [0.4, 0.5) is 0 Å². The van der Waals surface area contributed by atoms with Gasteiger partial charge in [-0.3, -0.25) is 14.4 Å². The highest BCUT2D eigenvalue weighted by molar-refractivity contribution is 5.71. The number of rotatable bonds is 66. The Balaban J connectivity index is 4.22. The lowest BCUT2D eigenvalue weighted by atomic mass is 10.0. The van der Waals surface area contributed by atoms with Gasteiger partial charge in [0, 0.05) is 19.3 Å². The molecule has 0 radical (unpaired) electrons. The van der Waals surface area contributed by atoms with Crippen LogP contribution in [0.1, 0.15) is 374 Å². The van der Waals surface area contributed by atoms with Crippen LogP contribution in [-0.2, 0) is 28.6 Å². The van der Waals surface area contributed by atoms with Crippen LogP contribution in [0.5, 0.6) is 0 Å². The van der Waals surface area contributed by atoms with E-state index in [1.807, 2.05) is 0 Å². The second-order valence-corrected chi connectivity index (χ2v) is 24.1. The van der Waals surface area contributed by atoms with Crippen LogP contribution < -0.4 is 0 Å². The number of hydrogen-bond donors (Lipinski definition) is 0. The molecule has 0 saturated carbocycles. The second-order valence-electron chi connectivity index (χ2n) is 24.1. The number of unbranched alkanes of at least 4 members (excludes halogenated alkanes) is 43. The highest BCUT2D eigenvalue weighted by atomic mass is 16.6. The normalized spacial score (nSPS) is 12.5. The van der Waals surface area contributed by atoms with E-state index in [0.29, 0.717) is 19.3 Å². The van der Waals surface area contributed by atoms with Gasteiger partial charge in [0.1, 0.15) is 13.2 Å². The van der Waals surface area contributed by atoms with E-state index in [4.69, 9.17) is 14.2 Å². The first-order valence-corrected chi connectivity index (χ1v) is 35.9. The first-order chi connectivity index (χ1) is 40.5. The summed E-state index contributed by atoms with van der Waals surface area (Å²) in [5.74, 6) is -0.845. The monoisotopic (exact) mass is 1150 g/mol. The van der Waals surface area contributed by atoms with Gasteiger partial charge in [0.15, 0.2) is 6.10 Å². The molecular formula is C76H136O6. The van der Waals surface area contributed by atoms with E-state index >= 15 is 0 Å². The van der Waals surface area contributed by atoms with Gasteiger partial charge in [0.2, 0.25) is 0 Å². The van der Waals surface area contributed by atoms with Crippen molar-refractivity contribution in [2.24, 2.45) is 0 Å². The van der Waals surface area contributed by atoms with Crippen molar-refractivity contribution in [3.63, 3.8) is 0 Å². The molecule has 6 heteroatoms. The molecule has 6 nitrogen and oxygen atoms in total. The third-order valence-corrected chi connectivity index (χ3v) is 16.0. The predicted octanol–water partition coefficient (Wildman–Crippen LogP) is 24.8. The Kier molecular flexibility index (Phi) is 67.6. The summed E-state index contributed by atoms with van der Waals surface area (Å²) in [7, 11) is 0. The highest BCUT2D eigenvalue weighted by Gasteiger charge is 2.19. The summed E-state index contributed by atoms with van der Waals surface area (Å²) in [6, 6.07) is 0. The summed E-state index contributed by atoms with van der Waals surface area (Å²) in [5.41, 5.74) is 0. The maximum Gasteiger partial charge on any atom is 0.306 e. The quantitative estimate of drug-likeness (QED) is 0.0261. The Morgan fingerprint density at radius 3 is 0.744 bits per heavy atom. The zero-order valence-electron chi connectivity index (χ0n) is 54.8. The number of carbonyl (C=O) groups excluding carboxylic acids is 3. The van der Waals surface area contributed by atoms with Crippen molar-refractivity contribution in [3.8, 4) is 0 Å². The summed E-state index contributed by atoms with van der Waals surface area (Å²) < 4.78 is 17.0. The van der Waals surface area contributed by atoms with Gasteiger partial charge in [-0.1, -0.05) is 357 Å². The molecule has 476 valence electrons. The van der Waals surface area contributed by atoms with E-state index in [1.54, 1.807) is 0 Å². The zero-order chi connectivity index (χ0) is 59.2. The largest absolute Gasteiger partial charge is 0.462 e. The summed E-state index contributed by atoms with van der Waals surface area (Å²) in [6.07, 6.45) is 92.2. The van der Waals surface area contributed by atoms with E-state index in [0.717, 1.165) is 96.3 Å². The Bertz CT molecular complexity index is 1500. The molecule has 0 heterocycles. The van der Waals surface area contributed by atoms with E-state index in [1.165, 1.54) is 238 Å². The van der Waals surface area contributed by atoms with Gasteiger partial charge in [-0.05, 0) is 70.6 Å². The molecule has 0 aromatic heterocycles. The molecule has 0 aliphatic carbocycles. The first-order valence-electron chi connectivity index (χ1n) is 35.9. The zero-order valence-corrected chi connectivity index (χ0v) is 54.8. The fourth-order valence-electron chi connectivity index (χ4n) is 10.6. The van der Waals surface area contributed by atoms with E-state index in [9.17, 15) is 14.4 Å². The lowest BCUT2D eigenvalue weighted by Gasteiger charge is -2.18. The second kappa shape index (κ2) is 70.3. The molecule has 0 bridgehead atoms. The van der Waals surface area contributed by atoms with Crippen molar-refractivity contribution in [1.82, 2.24) is 0 Å². The molecule has 0 aliphatic rings. The molecule has 0 saturated heterocycles. The lowest BCUT2D eigenvalue weighted by Crippen LogP contribution is -2.30. The molecule has 0 rings (SSSR count). The maximum absolute atomic E-state index is 13.0. The number of allylic oxidation sites excluding steroid dienone is 12. The summed E-state index contributed by atoms with van der Waals surface area (Å²) in [6.45, 7) is 6.59. The average Bonchev–Trinajstić information content (AvgIpc) is 3.47. The minimum absolute atomic E-state index is 0.0688. The van der Waals surface area contributed by atoms with Crippen LogP contribution >= 0.6 is 0 Å². The molecule has 1 unspecified atom stereocenters. The predicted molar refractivity (Wildman–Crippen MR) is 358 cm³/mol. The number of ether oxygens (including phenoxy) is 3. The van der Waals surface area contributed by atoms with Gasteiger partial charge in [-0.15, -0.1) is 0 Å². The SMILES string of the molecule is CC/C=C\C/C=C\C/C=C\C/C=C\C/C=C\C/C=C\CCCCCCCCCCCCCCC(=O)OCC(COC(=O)CCCCCCCCCCCCCCC)OC(=O)CCCCCCCCCCCCCCCCCCCCCC. The molecule has 0 aromatic carbocycles. The molecule has 0 spiro atoms. The number of esters is 3. The van der Waals surface area contributed by atoms with Crippen LogP contribution in [0.15, 0.2) is 72.9 Å². The smallest absolute Gasteiger partial charge is 0.306 e. The van der Waals surface area contributed by atoms with Gasteiger partial charge in [-0.2, -0.15) is 0 Å². The topological polar surface area (TPSA) is 78.9 Å². The molecule has 0 N–H and O–H groups in total. The first kappa shape index (κ1) is 78.8. The third kappa shape index (κ3) is 67.6. The van der Waals surface area contributed by atoms with Crippen LogP contribution in [0, 0.1) is 0 Å². The third-order valence-electron chi connectivity index (χ3n) is 16.0.